The Morgan fingerprint density at radius 2 is 2.04 bits per heavy atom. The van der Waals surface area contributed by atoms with Crippen molar-refractivity contribution in [1.29, 1.82) is 0 Å². The molecule has 1 aromatic carbocycles. The molecule has 2 saturated heterocycles. The molecular weight excluding hydrogens is 356 g/mol. The molecule has 0 saturated carbocycles. The Kier molecular flexibility index (Phi) is 4.34. The fraction of sp³-hybridized carbons (Fsp3) is 0.429. The van der Waals surface area contributed by atoms with Gasteiger partial charge in [-0.15, -0.1) is 11.3 Å². The smallest absolute Gasteiger partial charge is 0.259 e. The minimum absolute atomic E-state index is 0.0232. The van der Waals surface area contributed by atoms with Crippen molar-refractivity contribution >= 4 is 21.6 Å². The normalized spacial score (nSPS) is 23.7. The Bertz CT molecular complexity index is 1010. The highest BCUT2D eigenvalue weighted by atomic mass is 32.1. The van der Waals surface area contributed by atoms with E-state index in [1.165, 1.54) is 19.4 Å². The molecule has 2 aliphatic rings. The summed E-state index contributed by atoms with van der Waals surface area (Å²) in [5.41, 5.74) is 1.11. The summed E-state index contributed by atoms with van der Waals surface area (Å²) in [6, 6.07) is 12.8. The molecule has 2 aliphatic heterocycles. The summed E-state index contributed by atoms with van der Waals surface area (Å²) in [6.07, 6.45) is 2.55. The molecule has 3 aromatic rings. The van der Waals surface area contributed by atoms with Gasteiger partial charge in [-0.25, -0.2) is 4.98 Å². The van der Waals surface area contributed by atoms with E-state index in [0.717, 1.165) is 46.6 Å². The molecule has 140 valence electrons. The number of piperidine rings is 1. The number of likely N-dealkylation sites (tertiary alicyclic amines) is 2. The fourth-order valence-corrected chi connectivity index (χ4v) is 5.63. The number of fused-ring (bicyclic) bond motifs is 2. The topological polar surface area (TPSA) is 52.2 Å². The Morgan fingerprint density at radius 3 is 2.89 bits per heavy atom. The number of nitrogens with one attached hydrogen (secondary N) is 1. The lowest BCUT2D eigenvalue weighted by Gasteiger charge is -2.36. The van der Waals surface area contributed by atoms with E-state index >= 15 is 0 Å². The summed E-state index contributed by atoms with van der Waals surface area (Å²) >= 11 is 1.60. The van der Waals surface area contributed by atoms with Gasteiger partial charge in [0.25, 0.3) is 5.56 Å². The molecule has 0 spiro atoms. The van der Waals surface area contributed by atoms with Gasteiger partial charge in [0.2, 0.25) is 0 Å². The first-order valence-electron chi connectivity index (χ1n) is 9.68. The Morgan fingerprint density at radius 1 is 1.22 bits per heavy atom. The van der Waals surface area contributed by atoms with Crippen LogP contribution in [0.5, 0.6) is 0 Å². The van der Waals surface area contributed by atoms with Crippen LogP contribution in [0.4, 0.5) is 0 Å². The van der Waals surface area contributed by atoms with Gasteiger partial charge in [-0.05, 0) is 50.5 Å². The zero-order chi connectivity index (χ0) is 18.4. The molecular formula is C21H24N4OS. The van der Waals surface area contributed by atoms with Crippen LogP contribution in [0.25, 0.3) is 20.7 Å². The van der Waals surface area contributed by atoms with Gasteiger partial charge < -0.3 is 9.88 Å². The van der Waals surface area contributed by atoms with Crippen molar-refractivity contribution in [3.63, 3.8) is 0 Å². The third-order valence-corrected chi connectivity index (χ3v) is 7.12. The van der Waals surface area contributed by atoms with E-state index in [2.05, 4.69) is 34.0 Å². The molecule has 27 heavy (non-hydrogen) atoms. The molecule has 2 aromatic heterocycles. The summed E-state index contributed by atoms with van der Waals surface area (Å²) < 4.78 is 0. The largest absolute Gasteiger partial charge is 0.309 e. The molecule has 0 aliphatic carbocycles. The second-order valence-electron chi connectivity index (χ2n) is 7.85. The van der Waals surface area contributed by atoms with E-state index in [-0.39, 0.29) is 5.56 Å². The van der Waals surface area contributed by atoms with Crippen LogP contribution in [-0.2, 0) is 6.54 Å². The minimum atomic E-state index is -0.0232. The lowest BCUT2D eigenvalue weighted by Crippen LogP contribution is -2.46. The molecule has 5 rings (SSSR count). The lowest BCUT2D eigenvalue weighted by molar-refractivity contribution is 0.117. The Labute approximate surface area is 162 Å². The zero-order valence-corrected chi connectivity index (χ0v) is 16.3. The maximum absolute atomic E-state index is 12.6. The minimum Gasteiger partial charge on any atom is -0.309 e. The third-order valence-electron chi connectivity index (χ3n) is 6.04. The molecule has 0 unspecified atom stereocenters. The number of H-pyrrole nitrogens is 1. The number of aromatic amines is 1. The summed E-state index contributed by atoms with van der Waals surface area (Å²) in [4.78, 5) is 27.3. The van der Waals surface area contributed by atoms with Gasteiger partial charge in [-0.3, -0.25) is 9.69 Å². The van der Waals surface area contributed by atoms with Gasteiger partial charge in [-0.2, -0.15) is 0 Å². The molecule has 2 atom stereocenters. The number of aromatic nitrogens is 2. The van der Waals surface area contributed by atoms with E-state index in [4.69, 9.17) is 4.98 Å². The first-order valence-corrected chi connectivity index (χ1v) is 10.5. The van der Waals surface area contributed by atoms with Gasteiger partial charge in [-0.1, -0.05) is 30.3 Å². The summed E-state index contributed by atoms with van der Waals surface area (Å²) in [5, 5.41) is 0.694. The molecule has 0 radical (unpaired) electrons. The molecule has 0 bridgehead atoms. The van der Waals surface area contributed by atoms with Crippen molar-refractivity contribution in [3.8, 4) is 10.4 Å². The SMILES string of the molecule is CN1CC[C@@H]2CCN(Cc3nc4sc(-c5ccccc5)cc4c(=O)[nH]3)[C@H]2C1. The van der Waals surface area contributed by atoms with Crippen molar-refractivity contribution in [2.24, 2.45) is 5.92 Å². The van der Waals surface area contributed by atoms with Crippen molar-refractivity contribution in [1.82, 2.24) is 19.8 Å². The Balaban J connectivity index is 1.43. The molecule has 4 heterocycles. The second kappa shape index (κ2) is 6.86. The van der Waals surface area contributed by atoms with Crippen LogP contribution in [0.3, 0.4) is 0 Å². The number of nitrogens with zero attached hydrogens (tertiary/aromatic N) is 3. The van der Waals surface area contributed by atoms with E-state index in [0.29, 0.717) is 11.4 Å². The summed E-state index contributed by atoms with van der Waals surface area (Å²) in [7, 11) is 2.20. The predicted octanol–water partition coefficient (Wildman–Crippen LogP) is 3.18. The Hall–Kier alpha value is -2.02. The van der Waals surface area contributed by atoms with Gasteiger partial charge in [0.1, 0.15) is 10.7 Å². The standard InChI is InChI=1S/C21H24N4OS/c1-24-9-7-14-8-10-25(17(14)12-24)13-19-22-20(26)16-11-18(27-21(16)23-19)15-5-3-2-4-6-15/h2-6,11,14,17H,7-10,12-13H2,1H3,(H,22,23,26)/t14-,17+/m1/s1. The van der Waals surface area contributed by atoms with Crippen molar-refractivity contribution in [2.75, 3.05) is 26.7 Å². The molecule has 5 nitrogen and oxygen atoms in total. The number of rotatable bonds is 3. The van der Waals surface area contributed by atoms with Gasteiger partial charge >= 0.3 is 0 Å². The number of hydrogen-bond acceptors (Lipinski definition) is 5. The second-order valence-corrected chi connectivity index (χ2v) is 8.88. The average Bonchev–Trinajstić information content (AvgIpc) is 3.27. The van der Waals surface area contributed by atoms with Gasteiger partial charge in [0.15, 0.2) is 0 Å². The average molecular weight is 381 g/mol. The van der Waals surface area contributed by atoms with Crippen molar-refractivity contribution in [2.45, 2.75) is 25.4 Å². The maximum atomic E-state index is 12.6. The van der Waals surface area contributed by atoms with Crippen LogP contribution in [0.2, 0.25) is 0 Å². The monoisotopic (exact) mass is 380 g/mol. The van der Waals surface area contributed by atoms with Crippen LogP contribution in [0.1, 0.15) is 18.7 Å². The van der Waals surface area contributed by atoms with Gasteiger partial charge in [0, 0.05) is 17.5 Å². The molecule has 6 heteroatoms. The summed E-state index contributed by atoms with van der Waals surface area (Å²) in [5.74, 6) is 1.59. The highest BCUT2D eigenvalue weighted by Crippen LogP contribution is 2.33. The maximum Gasteiger partial charge on any atom is 0.259 e. The molecule has 1 N–H and O–H groups in total. The highest BCUT2D eigenvalue weighted by molar-refractivity contribution is 7.21. The van der Waals surface area contributed by atoms with E-state index in [1.807, 2.05) is 24.3 Å². The van der Waals surface area contributed by atoms with Crippen LogP contribution < -0.4 is 5.56 Å². The quantitative estimate of drug-likeness (QED) is 0.758. The number of benzene rings is 1. The highest BCUT2D eigenvalue weighted by Gasteiger charge is 2.37. The van der Waals surface area contributed by atoms with E-state index in [9.17, 15) is 4.79 Å². The lowest BCUT2D eigenvalue weighted by atomic mass is 9.92. The summed E-state index contributed by atoms with van der Waals surface area (Å²) in [6.45, 7) is 4.16. The van der Waals surface area contributed by atoms with E-state index in [1.54, 1.807) is 11.3 Å². The van der Waals surface area contributed by atoms with Crippen LogP contribution in [-0.4, -0.2) is 52.5 Å². The number of hydrogen-bond donors (Lipinski definition) is 1. The molecule has 0 amide bonds. The first-order chi connectivity index (χ1) is 13.2. The number of thiophene rings is 1. The van der Waals surface area contributed by atoms with Crippen LogP contribution >= 0.6 is 11.3 Å². The third kappa shape index (κ3) is 3.22. The predicted molar refractivity (Wildman–Crippen MR) is 110 cm³/mol. The fourth-order valence-electron chi connectivity index (χ4n) is 4.57. The van der Waals surface area contributed by atoms with Gasteiger partial charge in [0.05, 0.1) is 11.9 Å². The molecule has 2 fully saturated rings. The van der Waals surface area contributed by atoms with Crippen LogP contribution in [0.15, 0.2) is 41.2 Å². The van der Waals surface area contributed by atoms with Crippen LogP contribution in [0, 0.1) is 5.92 Å². The number of likely N-dealkylation sites (N-methyl/N-ethyl adjacent to an activating group) is 1. The van der Waals surface area contributed by atoms with E-state index < -0.39 is 0 Å². The van der Waals surface area contributed by atoms with Crippen molar-refractivity contribution in [3.05, 3.63) is 52.6 Å². The zero-order valence-electron chi connectivity index (χ0n) is 15.5. The first kappa shape index (κ1) is 17.1. The van der Waals surface area contributed by atoms with Crippen molar-refractivity contribution < 1.29 is 0 Å².